The number of H-pyrrole nitrogens is 1. The van der Waals surface area contributed by atoms with Gasteiger partial charge in [0.05, 0.1) is 24.0 Å². The number of nitrogens with zero attached hydrogens (tertiary/aromatic N) is 3. The van der Waals surface area contributed by atoms with E-state index in [9.17, 15) is 9.59 Å². The highest BCUT2D eigenvalue weighted by molar-refractivity contribution is 6.01. The van der Waals surface area contributed by atoms with Gasteiger partial charge in [0.1, 0.15) is 17.0 Å². The molecule has 1 aromatic carbocycles. The molecule has 2 N–H and O–H groups in total. The zero-order valence-electron chi connectivity index (χ0n) is 14.9. The molecule has 0 unspecified atom stereocenters. The molecule has 0 saturated heterocycles. The van der Waals surface area contributed by atoms with Crippen LogP contribution in [0.25, 0.3) is 27.8 Å². The van der Waals surface area contributed by atoms with E-state index < -0.39 is 0 Å². The molecule has 5 rings (SSSR count). The quantitative estimate of drug-likeness (QED) is 0.565. The summed E-state index contributed by atoms with van der Waals surface area (Å²) in [7, 11) is 0. The standard InChI is InChI=1S/C19H15N5O4/c1-2-27-14-5-6-20-18-16(14)24(19(26)23-18)10-3-4-12-11(7-10)17-13(8-21-12)22-15(25)9-28-17/h3-8H,2,9H2,1H3,(H,22,25)(H,20,23,26). The van der Waals surface area contributed by atoms with Crippen LogP contribution in [0.4, 0.5) is 5.69 Å². The number of imidazole rings is 1. The van der Waals surface area contributed by atoms with E-state index >= 15 is 0 Å². The van der Waals surface area contributed by atoms with Gasteiger partial charge in [-0.15, -0.1) is 0 Å². The van der Waals surface area contributed by atoms with E-state index in [1.165, 1.54) is 4.57 Å². The molecule has 0 radical (unpaired) electrons. The van der Waals surface area contributed by atoms with Gasteiger partial charge in [0.25, 0.3) is 5.91 Å². The number of aromatic amines is 1. The lowest BCUT2D eigenvalue weighted by atomic mass is 10.1. The third kappa shape index (κ3) is 2.40. The molecule has 0 atom stereocenters. The van der Waals surface area contributed by atoms with Crippen LogP contribution in [-0.4, -0.2) is 38.6 Å². The fourth-order valence-electron chi connectivity index (χ4n) is 3.38. The molecule has 0 fully saturated rings. The van der Waals surface area contributed by atoms with Gasteiger partial charge in [0.15, 0.2) is 18.0 Å². The number of benzene rings is 1. The molecule has 1 aliphatic heterocycles. The van der Waals surface area contributed by atoms with Crippen molar-refractivity contribution < 1.29 is 14.3 Å². The van der Waals surface area contributed by atoms with Crippen LogP contribution in [-0.2, 0) is 4.79 Å². The van der Waals surface area contributed by atoms with E-state index in [4.69, 9.17) is 9.47 Å². The Morgan fingerprint density at radius 2 is 2.14 bits per heavy atom. The lowest BCUT2D eigenvalue weighted by Gasteiger charge is -2.19. The average Bonchev–Trinajstić information content (AvgIpc) is 3.04. The zero-order valence-corrected chi connectivity index (χ0v) is 14.9. The van der Waals surface area contributed by atoms with Crippen LogP contribution < -0.4 is 20.5 Å². The summed E-state index contributed by atoms with van der Waals surface area (Å²) in [6, 6.07) is 7.11. The topological polar surface area (TPSA) is 111 Å². The summed E-state index contributed by atoms with van der Waals surface area (Å²) >= 11 is 0. The first-order valence-corrected chi connectivity index (χ1v) is 8.74. The van der Waals surface area contributed by atoms with Gasteiger partial charge in [-0.3, -0.25) is 19.3 Å². The van der Waals surface area contributed by atoms with Crippen LogP contribution in [0.5, 0.6) is 11.5 Å². The Labute approximate surface area is 157 Å². The fourth-order valence-corrected chi connectivity index (χ4v) is 3.38. The molecule has 0 spiro atoms. The van der Waals surface area contributed by atoms with Crippen molar-refractivity contribution >= 4 is 33.7 Å². The second kappa shape index (κ2) is 6.08. The molecule has 9 nitrogen and oxygen atoms in total. The summed E-state index contributed by atoms with van der Waals surface area (Å²) in [5.41, 5.74) is 2.46. The van der Waals surface area contributed by atoms with Crippen molar-refractivity contribution in [3.63, 3.8) is 0 Å². The summed E-state index contributed by atoms with van der Waals surface area (Å²) in [5, 5.41) is 3.43. The first kappa shape index (κ1) is 16.3. The number of hydrogen-bond donors (Lipinski definition) is 2. The van der Waals surface area contributed by atoms with Crippen LogP contribution in [0.3, 0.4) is 0 Å². The van der Waals surface area contributed by atoms with E-state index in [0.717, 1.165) is 0 Å². The fraction of sp³-hybridized carbons (Fsp3) is 0.158. The predicted octanol–water partition coefficient (Wildman–Crippen LogP) is 1.99. The maximum absolute atomic E-state index is 12.7. The number of carbonyl (C=O) groups excluding carboxylic acids is 1. The highest BCUT2D eigenvalue weighted by atomic mass is 16.5. The van der Waals surface area contributed by atoms with Gasteiger partial charge in [-0.25, -0.2) is 9.78 Å². The Morgan fingerprint density at radius 1 is 1.25 bits per heavy atom. The van der Waals surface area contributed by atoms with Crippen LogP contribution >= 0.6 is 0 Å². The summed E-state index contributed by atoms with van der Waals surface area (Å²) in [6.07, 6.45) is 3.15. The number of nitrogens with one attached hydrogen (secondary N) is 2. The maximum atomic E-state index is 12.7. The third-order valence-electron chi connectivity index (χ3n) is 4.52. The number of hydrogen-bond acceptors (Lipinski definition) is 6. The number of ether oxygens (including phenoxy) is 2. The highest BCUT2D eigenvalue weighted by Gasteiger charge is 2.21. The molecule has 4 aromatic rings. The first-order chi connectivity index (χ1) is 13.7. The monoisotopic (exact) mass is 377 g/mol. The van der Waals surface area contributed by atoms with Crippen LogP contribution in [0, 0.1) is 0 Å². The van der Waals surface area contributed by atoms with Crippen LogP contribution in [0.1, 0.15) is 6.92 Å². The van der Waals surface area contributed by atoms with Gasteiger partial charge in [-0.05, 0) is 25.1 Å². The van der Waals surface area contributed by atoms with Crippen molar-refractivity contribution in [1.82, 2.24) is 19.5 Å². The Balaban J connectivity index is 1.77. The molecule has 0 aliphatic carbocycles. The lowest BCUT2D eigenvalue weighted by Crippen LogP contribution is -2.25. The normalized spacial score (nSPS) is 13.2. The number of rotatable bonds is 3. The summed E-state index contributed by atoms with van der Waals surface area (Å²) < 4.78 is 12.8. The smallest absolute Gasteiger partial charge is 0.332 e. The Kier molecular flexibility index (Phi) is 3.54. The number of anilines is 1. The van der Waals surface area contributed by atoms with Crippen LogP contribution in [0.2, 0.25) is 0 Å². The van der Waals surface area contributed by atoms with Gasteiger partial charge in [-0.2, -0.15) is 0 Å². The molecular formula is C19H15N5O4. The third-order valence-corrected chi connectivity index (χ3v) is 4.52. The van der Waals surface area contributed by atoms with Crippen molar-refractivity contribution in [2.24, 2.45) is 0 Å². The van der Waals surface area contributed by atoms with Crippen molar-refractivity contribution in [1.29, 1.82) is 0 Å². The van der Waals surface area contributed by atoms with E-state index in [0.29, 0.717) is 51.5 Å². The molecule has 0 saturated carbocycles. The van der Waals surface area contributed by atoms with Gasteiger partial charge in [0, 0.05) is 17.6 Å². The van der Waals surface area contributed by atoms with Crippen molar-refractivity contribution in [3.8, 4) is 17.2 Å². The van der Waals surface area contributed by atoms with E-state index in [1.54, 1.807) is 36.7 Å². The van der Waals surface area contributed by atoms with Gasteiger partial charge < -0.3 is 14.8 Å². The molecule has 140 valence electrons. The molecule has 28 heavy (non-hydrogen) atoms. The summed E-state index contributed by atoms with van der Waals surface area (Å²) in [5.74, 6) is 0.857. The first-order valence-electron chi connectivity index (χ1n) is 8.74. The molecule has 3 aromatic heterocycles. The molecule has 0 bridgehead atoms. The van der Waals surface area contributed by atoms with Crippen molar-refractivity contribution in [3.05, 3.63) is 47.1 Å². The van der Waals surface area contributed by atoms with E-state index in [2.05, 4.69) is 20.3 Å². The Morgan fingerprint density at radius 3 is 3.00 bits per heavy atom. The summed E-state index contributed by atoms with van der Waals surface area (Å²) in [4.78, 5) is 35.6. The highest BCUT2D eigenvalue weighted by Crippen LogP contribution is 2.36. The number of aromatic nitrogens is 4. The lowest BCUT2D eigenvalue weighted by molar-refractivity contribution is -0.118. The minimum absolute atomic E-state index is 0.0677. The molecule has 1 amide bonds. The second-order valence-corrected chi connectivity index (χ2v) is 6.24. The SMILES string of the molecule is CCOc1ccnc2[nH]c(=O)n(-c3ccc4ncc5c(c4c3)OCC(=O)N5)c12. The summed E-state index contributed by atoms with van der Waals surface area (Å²) in [6.45, 7) is 2.27. The largest absolute Gasteiger partial charge is 0.491 e. The van der Waals surface area contributed by atoms with E-state index in [-0.39, 0.29) is 18.2 Å². The van der Waals surface area contributed by atoms with Gasteiger partial charge >= 0.3 is 5.69 Å². The van der Waals surface area contributed by atoms with Gasteiger partial charge in [-0.1, -0.05) is 0 Å². The minimum atomic E-state index is -0.332. The number of fused-ring (bicyclic) bond motifs is 4. The van der Waals surface area contributed by atoms with Crippen LogP contribution in [0.15, 0.2) is 41.5 Å². The number of pyridine rings is 2. The Hall–Kier alpha value is -3.88. The van der Waals surface area contributed by atoms with E-state index in [1.807, 2.05) is 6.92 Å². The second-order valence-electron chi connectivity index (χ2n) is 6.24. The maximum Gasteiger partial charge on any atom is 0.332 e. The predicted molar refractivity (Wildman–Crippen MR) is 102 cm³/mol. The number of carbonyl (C=O) groups is 1. The molecular weight excluding hydrogens is 362 g/mol. The average molecular weight is 377 g/mol. The number of amides is 1. The molecule has 1 aliphatic rings. The Bertz CT molecular complexity index is 1310. The van der Waals surface area contributed by atoms with Crippen molar-refractivity contribution in [2.75, 3.05) is 18.5 Å². The molecule has 9 heteroatoms. The van der Waals surface area contributed by atoms with Crippen molar-refractivity contribution in [2.45, 2.75) is 6.92 Å². The molecule has 4 heterocycles. The zero-order chi connectivity index (χ0) is 19.3. The minimum Gasteiger partial charge on any atom is -0.491 e. The van der Waals surface area contributed by atoms with Gasteiger partial charge in [0.2, 0.25) is 0 Å².